The molecule has 0 spiro atoms. The van der Waals surface area contributed by atoms with Crippen molar-refractivity contribution in [1.29, 1.82) is 0 Å². The molecule has 0 heterocycles. The van der Waals surface area contributed by atoms with E-state index in [2.05, 4.69) is 0 Å². The van der Waals surface area contributed by atoms with E-state index in [4.69, 9.17) is 19.6 Å². The third-order valence-corrected chi connectivity index (χ3v) is 9.28. The van der Waals surface area contributed by atoms with Crippen LogP contribution in [0.25, 0.3) is 0 Å². The summed E-state index contributed by atoms with van der Waals surface area (Å²) in [5.74, 6) is 0.898. The maximum atomic E-state index is 11.3. The summed E-state index contributed by atoms with van der Waals surface area (Å²) in [5.41, 5.74) is 1.19. The lowest BCUT2D eigenvalue weighted by Gasteiger charge is -2.28. The van der Waals surface area contributed by atoms with E-state index < -0.39 is 26.7 Å². The first kappa shape index (κ1) is 20.9. The van der Waals surface area contributed by atoms with Crippen LogP contribution in [0.1, 0.15) is 18.4 Å². The van der Waals surface area contributed by atoms with Gasteiger partial charge in [0.15, 0.2) is 0 Å². The van der Waals surface area contributed by atoms with Gasteiger partial charge in [-0.25, -0.2) is 0 Å². The van der Waals surface area contributed by atoms with Crippen LogP contribution in [-0.4, -0.2) is 47.5 Å². The summed E-state index contributed by atoms with van der Waals surface area (Å²) in [4.78, 5) is 36.3. The Hall–Kier alpha value is -0.170. The zero-order chi connectivity index (χ0) is 17.7. The molecule has 0 amide bonds. The molecule has 5 N–H and O–H groups in total. The second-order valence-corrected chi connectivity index (χ2v) is 11.8. The average Bonchev–Trinajstić information content (AvgIpc) is 2.43. The third-order valence-electron chi connectivity index (χ3n) is 3.52. The van der Waals surface area contributed by atoms with Crippen LogP contribution in [0.5, 0.6) is 0 Å². The largest absolute Gasteiger partial charge is 0.369 e. The minimum atomic E-state index is -5.34. The summed E-state index contributed by atoms with van der Waals surface area (Å²) in [6.07, 6.45) is 2.94. The van der Waals surface area contributed by atoms with Crippen LogP contribution in [0.3, 0.4) is 0 Å². The molecule has 132 valence electrons. The summed E-state index contributed by atoms with van der Waals surface area (Å²) in [7, 11) is -11.0. The Morgan fingerprint density at radius 2 is 1.52 bits per heavy atom. The van der Waals surface area contributed by atoms with Gasteiger partial charge in [-0.15, -0.1) is 0 Å². The normalized spacial score (nSPS) is 14.7. The van der Waals surface area contributed by atoms with Gasteiger partial charge >= 0.3 is 15.2 Å². The Kier molecular flexibility index (Phi) is 7.51. The molecule has 0 aliphatic rings. The van der Waals surface area contributed by atoms with Crippen molar-refractivity contribution >= 4 is 26.1 Å². The van der Waals surface area contributed by atoms with Gasteiger partial charge < -0.3 is 24.7 Å². The van der Waals surface area contributed by atoms with E-state index in [1.54, 1.807) is 0 Å². The Morgan fingerprint density at radius 3 is 2.00 bits per heavy atom. The topological polar surface area (TPSA) is 135 Å². The van der Waals surface area contributed by atoms with Crippen LogP contribution in [0.4, 0.5) is 0 Å². The van der Waals surface area contributed by atoms with Crippen LogP contribution in [0, 0.1) is 0 Å². The predicted molar refractivity (Wildman–Crippen MR) is 91.4 cm³/mol. The van der Waals surface area contributed by atoms with E-state index in [-0.39, 0.29) is 16.6 Å². The minimum absolute atomic E-state index is 0.140. The number of benzene rings is 1. The van der Waals surface area contributed by atoms with Crippen molar-refractivity contribution in [2.45, 2.75) is 24.3 Å². The molecule has 0 saturated heterocycles. The average molecular weight is 385 g/mol. The monoisotopic (exact) mass is 385 g/mol. The molecular formula is C13H23O7P2S+. The third kappa shape index (κ3) is 6.00. The first-order valence-electron chi connectivity index (χ1n) is 6.94. The molecule has 0 bridgehead atoms. The van der Waals surface area contributed by atoms with E-state index in [0.717, 1.165) is 18.6 Å². The lowest BCUT2D eigenvalue weighted by molar-refractivity contribution is 0.128. The SMILES string of the molecule is C[S+](CCCc1ccccc1)CCC(O)(P(=O)(O)O)P(=O)(O)O. The maximum Gasteiger partial charge on any atom is 0.369 e. The number of hydrogen-bond acceptors (Lipinski definition) is 3. The highest BCUT2D eigenvalue weighted by Crippen LogP contribution is 2.68. The second-order valence-electron chi connectivity index (χ2n) is 5.39. The Balaban J connectivity index is 2.52. The number of aliphatic hydroxyl groups is 1. The molecule has 0 aliphatic carbocycles. The van der Waals surface area contributed by atoms with Gasteiger partial charge in [0.25, 0.3) is 5.08 Å². The Bertz CT molecular complexity index is 561. The van der Waals surface area contributed by atoms with Crippen LogP contribution < -0.4 is 0 Å². The van der Waals surface area contributed by atoms with Gasteiger partial charge in [-0.05, 0) is 29.3 Å². The fourth-order valence-electron chi connectivity index (χ4n) is 2.04. The van der Waals surface area contributed by atoms with Crippen molar-refractivity contribution < 1.29 is 33.8 Å². The lowest BCUT2D eigenvalue weighted by Crippen LogP contribution is -2.31. The van der Waals surface area contributed by atoms with E-state index in [1.807, 2.05) is 36.6 Å². The number of aryl methyl sites for hydroxylation is 1. The summed E-state index contributed by atoms with van der Waals surface area (Å²) >= 11 is 0. The molecule has 1 aromatic rings. The molecule has 7 nitrogen and oxygen atoms in total. The van der Waals surface area contributed by atoms with Gasteiger partial charge in [0, 0.05) is 6.42 Å². The van der Waals surface area contributed by atoms with Gasteiger partial charge in [0.1, 0.15) is 11.5 Å². The first-order chi connectivity index (χ1) is 10.5. The maximum absolute atomic E-state index is 11.3. The second kappa shape index (κ2) is 8.28. The van der Waals surface area contributed by atoms with Gasteiger partial charge in [-0.2, -0.15) is 0 Å². The van der Waals surface area contributed by atoms with Crippen molar-refractivity contribution in [2.75, 3.05) is 17.8 Å². The van der Waals surface area contributed by atoms with Crippen LogP contribution in [0.15, 0.2) is 30.3 Å². The molecular weight excluding hydrogens is 362 g/mol. The highest BCUT2D eigenvalue weighted by molar-refractivity contribution is 7.96. The van der Waals surface area contributed by atoms with Crippen molar-refractivity contribution in [3.8, 4) is 0 Å². The fourth-order valence-corrected chi connectivity index (χ4v) is 5.99. The predicted octanol–water partition coefficient (Wildman–Crippen LogP) is 1.26. The summed E-state index contributed by atoms with van der Waals surface area (Å²) < 4.78 is 22.5. The fraction of sp³-hybridized carbons (Fsp3) is 0.538. The molecule has 1 unspecified atom stereocenters. The quantitative estimate of drug-likeness (QED) is 0.319. The molecule has 0 aromatic heterocycles. The molecule has 0 fully saturated rings. The molecule has 1 atom stereocenters. The highest BCUT2D eigenvalue weighted by Gasteiger charge is 2.59. The standard InChI is InChI=1S/C13H22O7P2S/c1-23(10-5-8-12-6-3-2-4-7-12)11-9-13(14,21(15,16)17)22(18,19)20/h2-4,6-7,14H,5,8-11H2,1H3,(H3-,15,16,17,18,19,20)/p+1. The van der Waals surface area contributed by atoms with Gasteiger partial charge in [0.2, 0.25) is 0 Å². The minimum Gasteiger partial charge on any atom is -0.367 e. The lowest BCUT2D eigenvalue weighted by atomic mass is 10.1. The molecule has 10 heteroatoms. The Morgan fingerprint density at radius 1 is 1.00 bits per heavy atom. The van der Waals surface area contributed by atoms with Crippen LogP contribution >= 0.6 is 15.2 Å². The van der Waals surface area contributed by atoms with E-state index in [0.29, 0.717) is 0 Å². The van der Waals surface area contributed by atoms with Gasteiger partial charge in [0.05, 0.1) is 6.26 Å². The van der Waals surface area contributed by atoms with Crippen molar-refractivity contribution in [2.24, 2.45) is 0 Å². The molecule has 1 aromatic carbocycles. The highest BCUT2D eigenvalue weighted by atomic mass is 32.2. The van der Waals surface area contributed by atoms with Gasteiger partial charge in [-0.3, -0.25) is 9.13 Å². The Labute approximate surface area is 138 Å². The van der Waals surface area contributed by atoms with E-state index in [9.17, 15) is 14.2 Å². The van der Waals surface area contributed by atoms with E-state index >= 15 is 0 Å². The molecule has 0 aliphatic heterocycles. The summed E-state index contributed by atoms with van der Waals surface area (Å²) in [6, 6.07) is 9.84. The first-order valence-corrected chi connectivity index (χ1v) is 12.1. The molecule has 0 saturated carbocycles. The zero-order valence-corrected chi connectivity index (χ0v) is 15.4. The molecule has 1 rings (SSSR count). The molecule has 0 radical (unpaired) electrons. The van der Waals surface area contributed by atoms with Crippen molar-refractivity contribution in [1.82, 2.24) is 0 Å². The summed E-state index contributed by atoms with van der Waals surface area (Å²) in [5, 5.41) is 6.52. The number of hydrogen-bond donors (Lipinski definition) is 5. The van der Waals surface area contributed by atoms with Crippen LogP contribution in [0.2, 0.25) is 0 Å². The number of rotatable bonds is 9. The van der Waals surface area contributed by atoms with E-state index in [1.165, 1.54) is 5.56 Å². The van der Waals surface area contributed by atoms with Crippen molar-refractivity contribution in [3.05, 3.63) is 35.9 Å². The van der Waals surface area contributed by atoms with Crippen molar-refractivity contribution in [3.63, 3.8) is 0 Å². The summed E-state index contributed by atoms with van der Waals surface area (Å²) in [6.45, 7) is 0. The van der Waals surface area contributed by atoms with Gasteiger partial charge in [-0.1, -0.05) is 30.3 Å². The molecule has 23 heavy (non-hydrogen) atoms. The smallest absolute Gasteiger partial charge is 0.367 e. The zero-order valence-electron chi connectivity index (χ0n) is 12.8. The van der Waals surface area contributed by atoms with Crippen LogP contribution in [-0.2, 0) is 26.4 Å².